The molecule has 1 aromatic rings. The molecule has 0 saturated carbocycles. The first kappa shape index (κ1) is 13.2. The van der Waals surface area contributed by atoms with Crippen LogP contribution in [0.5, 0.6) is 11.5 Å². The Hall–Kier alpha value is -1.22. The number of hydrogen-bond donors (Lipinski definition) is 1. The van der Waals surface area contributed by atoms with Gasteiger partial charge >= 0.3 is 0 Å². The van der Waals surface area contributed by atoms with E-state index in [0.717, 1.165) is 30.9 Å². The van der Waals surface area contributed by atoms with Crippen LogP contribution in [0.4, 0.5) is 0 Å². The molecule has 1 aliphatic rings. The molecule has 0 aliphatic carbocycles. The normalized spacial score (nSPS) is 15.4. The molecule has 0 spiro atoms. The van der Waals surface area contributed by atoms with Gasteiger partial charge in [0.25, 0.3) is 0 Å². The number of hydrogen-bond acceptors (Lipinski definition) is 3. The van der Waals surface area contributed by atoms with Crippen LogP contribution in [0.3, 0.4) is 0 Å². The van der Waals surface area contributed by atoms with Crippen LogP contribution in [-0.2, 0) is 6.42 Å². The zero-order valence-corrected chi connectivity index (χ0v) is 11.4. The Bertz CT molecular complexity index is 379. The fourth-order valence-electron chi connectivity index (χ4n) is 2.12. The third kappa shape index (κ3) is 3.64. The molecule has 18 heavy (non-hydrogen) atoms. The maximum Gasteiger partial charge on any atom is 0.161 e. The minimum atomic E-state index is 0.568. The van der Waals surface area contributed by atoms with Gasteiger partial charge in [-0.15, -0.1) is 0 Å². The average molecular weight is 249 g/mol. The van der Waals surface area contributed by atoms with Gasteiger partial charge in [-0.2, -0.15) is 0 Å². The van der Waals surface area contributed by atoms with Crippen LogP contribution >= 0.6 is 0 Å². The van der Waals surface area contributed by atoms with Gasteiger partial charge in [0.1, 0.15) is 13.2 Å². The molecular formula is C15H23NO2. The van der Waals surface area contributed by atoms with E-state index in [9.17, 15) is 0 Å². The van der Waals surface area contributed by atoms with E-state index in [1.54, 1.807) is 0 Å². The second kappa shape index (κ2) is 6.64. The van der Waals surface area contributed by atoms with Crippen molar-refractivity contribution in [2.24, 2.45) is 0 Å². The third-order valence-corrected chi connectivity index (χ3v) is 3.22. The van der Waals surface area contributed by atoms with E-state index >= 15 is 0 Å². The molecule has 0 amide bonds. The summed E-state index contributed by atoms with van der Waals surface area (Å²) < 4.78 is 11.1. The average Bonchev–Trinajstić information content (AvgIpc) is 2.42. The lowest BCUT2D eigenvalue weighted by Crippen LogP contribution is -2.27. The largest absolute Gasteiger partial charge is 0.486 e. The van der Waals surface area contributed by atoms with Crippen molar-refractivity contribution in [2.75, 3.05) is 19.8 Å². The van der Waals surface area contributed by atoms with Crippen molar-refractivity contribution in [2.45, 2.75) is 39.2 Å². The summed E-state index contributed by atoms with van der Waals surface area (Å²) in [5, 5.41) is 3.51. The van der Waals surface area contributed by atoms with Crippen molar-refractivity contribution >= 4 is 0 Å². The molecule has 2 rings (SSSR count). The highest BCUT2D eigenvalue weighted by atomic mass is 16.6. The Labute approximate surface area is 109 Å². The van der Waals surface area contributed by atoms with Crippen molar-refractivity contribution in [1.29, 1.82) is 0 Å². The van der Waals surface area contributed by atoms with Crippen molar-refractivity contribution in [3.8, 4) is 11.5 Å². The number of aryl methyl sites for hydroxylation is 1. The van der Waals surface area contributed by atoms with Gasteiger partial charge in [-0.05, 0) is 50.4 Å². The Balaban J connectivity index is 1.86. The summed E-state index contributed by atoms with van der Waals surface area (Å²) in [7, 11) is 0. The number of ether oxygens (including phenoxy) is 2. The van der Waals surface area contributed by atoms with Gasteiger partial charge in [0.15, 0.2) is 11.5 Å². The topological polar surface area (TPSA) is 30.5 Å². The highest BCUT2D eigenvalue weighted by molar-refractivity contribution is 5.43. The molecule has 1 N–H and O–H groups in total. The number of fused-ring (bicyclic) bond motifs is 1. The molecule has 1 aromatic carbocycles. The lowest BCUT2D eigenvalue weighted by atomic mass is 10.1. The Morgan fingerprint density at radius 1 is 1.22 bits per heavy atom. The van der Waals surface area contributed by atoms with Crippen LogP contribution in [0, 0.1) is 0 Å². The third-order valence-electron chi connectivity index (χ3n) is 3.22. The van der Waals surface area contributed by atoms with Gasteiger partial charge < -0.3 is 14.8 Å². The first-order chi connectivity index (χ1) is 8.79. The van der Waals surface area contributed by atoms with Crippen LogP contribution < -0.4 is 14.8 Å². The highest BCUT2D eigenvalue weighted by Gasteiger charge is 2.11. The van der Waals surface area contributed by atoms with Crippen molar-refractivity contribution in [1.82, 2.24) is 5.32 Å². The smallest absolute Gasteiger partial charge is 0.161 e. The molecule has 100 valence electrons. The maximum absolute atomic E-state index is 5.60. The molecule has 1 unspecified atom stereocenters. The molecule has 0 aromatic heterocycles. The predicted molar refractivity (Wildman–Crippen MR) is 73.5 cm³/mol. The van der Waals surface area contributed by atoms with Gasteiger partial charge in [0.05, 0.1) is 0 Å². The minimum Gasteiger partial charge on any atom is -0.486 e. The molecule has 1 atom stereocenters. The monoisotopic (exact) mass is 249 g/mol. The Morgan fingerprint density at radius 2 is 2.00 bits per heavy atom. The maximum atomic E-state index is 5.60. The van der Waals surface area contributed by atoms with Crippen LogP contribution in [0.1, 0.15) is 32.3 Å². The van der Waals surface area contributed by atoms with Gasteiger partial charge in [0.2, 0.25) is 0 Å². The molecule has 3 nitrogen and oxygen atoms in total. The quantitative estimate of drug-likeness (QED) is 0.841. The first-order valence-electron chi connectivity index (χ1n) is 6.91. The van der Waals surface area contributed by atoms with Crippen LogP contribution in [0.2, 0.25) is 0 Å². The van der Waals surface area contributed by atoms with E-state index in [0.29, 0.717) is 19.3 Å². The van der Waals surface area contributed by atoms with Crippen LogP contribution in [0.15, 0.2) is 18.2 Å². The molecule has 1 aliphatic heterocycles. The van der Waals surface area contributed by atoms with Crippen LogP contribution in [0.25, 0.3) is 0 Å². The number of nitrogens with one attached hydrogen (secondary N) is 1. The molecule has 3 heteroatoms. The van der Waals surface area contributed by atoms with E-state index in [2.05, 4.69) is 31.3 Å². The first-order valence-corrected chi connectivity index (χ1v) is 6.91. The SMILES string of the molecule is CCCNC(C)CCc1ccc2c(c1)OCCO2. The predicted octanol–water partition coefficient (Wildman–Crippen LogP) is 2.78. The van der Waals surface area contributed by atoms with Gasteiger partial charge in [-0.3, -0.25) is 0 Å². The second-order valence-electron chi connectivity index (χ2n) is 4.87. The van der Waals surface area contributed by atoms with Gasteiger partial charge in [-0.1, -0.05) is 13.0 Å². The van der Waals surface area contributed by atoms with E-state index in [1.165, 1.54) is 12.0 Å². The Morgan fingerprint density at radius 3 is 2.78 bits per heavy atom. The van der Waals surface area contributed by atoms with Gasteiger partial charge in [-0.25, -0.2) is 0 Å². The summed E-state index contributed by atoms with van der Waals surface area (Å²) >= 11 is 0. The molecule has 0 fully saturated rings. The zero-order valence-electron chi connectivity index (χ0n) is 11.4. The van der Waals surface area contributed by atoms with E-state index in [1.807, 2.05) is 6.07 Å². The standard InChI is InChI=1S/C15H23NO2/c1-3-8-16-12(2)4-5-13-6-7-14-15(11-13)18-10-9-17-14/h6-7,11-12,16H,3-5,8-10H2,1-2H3. The van der Waals surface area contributed by atoms with E-state index in [-0.39, 0.29) is 0 Å². The van der Waals surface area contributed by atoms with Crippen LogP contribution in [-0.4, -0.2) is 25.8 Å². The molecule has 0 bridgehead atoms. The fourth-order valence-corrected chi connectivity index (χ4v) is 2.12. The minimum absolute atomic E-state index is 0.568. The Kier molecular flexibility index (Phi) is 4.88. The summed E-state index contributed by atoms with van der Waals surface area (Å²) in [5.74, 6) is 1.77. The van der Waals surface area contributed by atoms with E-state index < -0.39 is 0 Å². The van der Waals surface area contributed by atoms with Crippen molar-refractivity contribution in [3.05, 3.63) is 23.8 Å². The second-order valence-corrected chi connectivity index (χ2v) is 4.87. The highest BCUT2D eigenvalue weighted by Crippen LogP contribution is 2.31. The fraction of sp³-hybridized carbons (Fsp3) is 0.600. The summed E-state index contributed by atoms with van der Waals surface area (Å²) in [4.78, 5) is 0. The lowest BCUT2D eigenvalue weighted by Gasteiger charge is -2.19. The van der Waals surface area contributed by atoms with Crippen molar-refractivity contribution < 1.29 is 9.47 Å². The molecular weight excluding hydrogens is 226 g/mol. The summed E-state index contributed by atoms with van der Waals surface area (Å²) in [6.45, 7) is 6.85. The van der Waals surface area contributed by atoms with E-state index in [4.69, 9.17) is 9.47 Å². The summed E-state index contributed by atoms with van der Waals surface area (Å²) in [5.41, 5.74) is 1.32. The number of rotatable bonds is 6. The van der Waals surface area contributed by atoms with Gasteiger partial charge in [0, 0.05) is 6.04 Å². The van der Waals surface area contributed by atoms with Crippen molar-refractivity contribution in [3.63, 3.8) is 0 Å². The molecule has 0 radical (unpaired) electrons. The zero-order chi connectivity index (χ0) is 12.8. The lowest BCUT2D eigenvalue weighted by molar-refractivity contribution is 0.171. The molecule has 0 saturated heterocycles. The summed E-state index contributed by atoms with van der Waals surface area (Å²) in [6.07, 6.45) is 3.42. The number of benzene rings is 1. The molecule has 1 heterocycles. The summed E-state index contributed by atoms with van der Waals surface area (Å²) in [6, 6.07) is 6.84.